The summed E-state index contributed by atoms with van der Waals surface area (Å²) in [6.45, 7) is 11.6. The number of thiophene rings is 3. The van der Waals surface area contributed by atoms with Crippen LogP contribution in [0.2, 0.25) is 0 Å². The van der Waals surface area contributed by atoms with E-state index >= 15 is 0 Å². The summed E-state index contributed by atoms with van der Waals surface area (Å²) in [5, 5.41) is 0. The second kappa shape index (κ2) is 11.0. The monoisotopic (exact) mass is 580 g/mol. The van der Waals surface area contributed by atoms with E-state index in [1.54, 1.807) is 34.0 Å². The maximum atomic E-state index is 14.0. The molecule has 0 aliphatic carbocycles. The van der Waals surface area contributed by atoms with Crippen molar-refractivity contribution in [3.63, 3.8) is 0 Å². The lowest BCUT2D eigenvalue weighted by Gasteiger charge is -2.23. The molecule has 0 aromatic carbocycles. The Morgan fingerprint density at radius 2 is 1.37 bits per heavy atom. The number of allylic oxidation sites excluding steroid dienone is 1. The highest BCUT2D eigenvalue weighted by Crippen LogP contribution is 2.50. The van der Waals surface area contributed by atoms with E-state index in [1.165, 1.54) is 15.3 Å². The molecule has 3 aromatic rings. The fraction of sp³-hybridized carbons (Fsp3) is 0.333. The van der Waals surface area contributed by atoms with Crippen LogP contribution in [0.3, 0.4) is 0 Å². The Labute approximate surface area is 242 Å². The van der Waals surface area contributed by atoms with Gasteiger partial charge in [-0.1, -0.05) is 26.8 Å². The van der Waals surface area contributed by atoms with Crippen molar-refractivity contribution in [1.82, 2.24) is 9.80 Å². The van der Waals surface area contributed by atoms with Gasteiger partial charge in [0.1, 0.15) is 0 Å². The molecule has 0 saturated carbocycles. The molecule has 4 nitrogen and oxygen atoms in total. The van der Waals surface area contributed by atoms with E-state index < -0.39 is 0 Å². The van der Waals surface area contributed by atoms with Gasteiger partial charge in [-0.25, -0.2) is 0 Å². The second-order valence-electron chi connectivity index (χ2n) is 9.43. The van der Waals surface area contributed by atoms with Crippen LogP contribution in [0, 0.1) is 6.92 Å². The molecule has 0 spiro atoms. The smallest absolute Gasteiger partial charge is 0.261 e. The fourth-order valence-electron chi connectivity index (χ4n) is 5.10. The molecule has 2 aliphatic heterocycles. The Balaban J connectivity index is 1.67. The van der Waals surface area contributed by atoms with E-state index in [1.807, 2.05) is 28.9 Å². The van der Waals surface area contributed by atoms with Gasteiger partial charge >= 0.3 is 0 Å². The molecule has 198 valence electrons. The van der Waals surface area contributed by atoms with E-state index in [-0.39, 0.29) is 11.8 Å². The molecular formula is C30H32N2O2S4. The predicted molar refractivity (Wildman–Crippen MR) is 167 cm³/mol. The van der Waals surface area contributed by atoms with Crippen LogP contribution in [0.4, 0.5) is 0 Å². The van der Waals surface area contributed by atoms with Gasteiger partial charge in [-0.2, -0.15) is 0 Å². The van der Waals surface area contributed by atoms with Crippen LogP contribution < -0.4 is 0 Å². The van der Waals surface area contributed by atoms with Gasteiger partial charge in [0.25, 0.3) is 11.8 Å². The Kier molecular flexibility index (Phi) is 7.87. The van der Waals surface area contributed by atoms with E-state index in [9.17, 15) is 9.59 Å². The predicted octanol–water partition coefficient (Wildman–Crippen LogP) is 8.33. The highest BCUT2D eigenvalue weighted by atomic mass is 32.1. The molecule has 5 rings (SSSR count). The molecule has 0 fully saturated rings. The SMILES string of the molecule is C/C=C(\S)c1sc(-c2ccc(C3=C4C(=O)N(CCC)C(c5ccc(C)s5)=C4C(=O)N3CCC)s2)cc1CC. The maximum Gasteiger partial charge on any atom is 0.261 e. The number of hydrogen-bond donors (Lipinski definition) is 1. The summed E-state index contributed by atoms with van der Waals surface area (Å²) in [5.74, 6) is -0.112. The van der Waals surface area contributed by atoms with Gasteiger partial charge in [0.15, 0.2) is 0 Å². The van der Waals surface area contributed by atoms with Crippen LogP contribution >= 0.6 is 46.6 Å². The quantitative estimate of drug-likeness (QED) is 0.259. The van der Waals surface area contributed by atoms with Gasteiger partial charge in [0.05, 0.1) is 32.3 Å². The van der Waals surface area contributed by atoms with Gasteiger partial charge in [0.2, 0.25) is 0 Å². The molecule has 0 atom stereocenters. The summed E-state index contributed by atoms with van der Waals surface area (Å²) in [6.07, 6.45) is 4.62. The first kappa shape index (κ1) is 27.2. The van der Waals surface area contributed by atoms with Gasteiger partial charge in [-0.15, -0.1) is 46.6 Å². The van der Waals surface area contributed by atoms with E-state index in [0.29, 0.717) is 24.2 Å². The fourth-order valence-corrected chi connectivity index (χ4v) is 8.69. The molecule has 5 heterocycles. The summed E-state index contributed by atoms with van der Waals surface area (Å²) < 4.78 is 0. The molecule has 8 heteroatoms. The van der Waals surface area contributed by atoms with Crippen molar-refractivity contribution < 1.29 is 9.59 Å². The third-order valence-corrected chi connectivity index (χ3v) is 11.0. The summed E-state index contributed by atoms with van der Waals surface area (Å²) in [5.41, 5.74) is 3.98. The number of amides is 2. The third kappa shape index (κ3) is 4.45. The molecule has 0 N–H and O–H groups in total. The number of hydrogen-bond acceptors (Lipinski definition) is 6. The van der Waals surface area contributed by atoms with E-state index in [0.717, 1.165) is 55.1 Å². The zero-order chi connectivity index (χ0) is 27.1. The van der Waals surface area contributed by atoms with Crippen LogP contribution in [-0.2, 0) is 16.0 Å². The first-order valence-electron chi connectivity index (χ1n) is 13.1. The Morgan fingerprint density at radius 1 is 0.816 bits per heavy atom. The van der Waals surface area contributed by atoms with Crippen LogP contribution in [0.5, 0.6) is 0 Å². The van der Waals surface area contributed by atoms with E-state index in [4.69, 9.17) is 0 Å². The number of carbonyl (C=O) groups excluding carboxylic acids is 2. The van der Waals surface area contributed by atoms with Crippen molar-refractivity contribution in [3.05, 3.63) is 72.6 Å². The Hall–Kier alpha value is -2.39. The van der Waals surface area contributed by atoms with E-state index in [2.05, 4.69) is 64.6 Å². The van der Waals surface area contributed by atoms with Crippen molar-refractivity contribution in [2.24, 2.45) is 0 Å². The largest absolute Gasteiger partial charge is 0.306 e. The molecular weight excluding hydrogens is 549 g/mol. The number of fused-ring (bicyclic) bond motifs is 1. The zero-order valence-corrected chi connectivity index (χ0v) is 25.7. The zero-order valence-electron chi connectivity index (χ0n) is 22.4. The Bertz CT molecular complexity index is 1510. The minimum atomic E-state index is -0.0562. The van der Waals surface area contributed by atoms with Gasteiger partial charge in [0, 0.05) is 37.5 Å². The normalized spacial score (nSPS) is 16.1. The standard InChI is InChI=1S/C30H32N2O2S4/c1-6-14-31-26(21-11-10-17(5)36-21)24-25(30(31)34)27(32(15-7-2)29(24)33)22-13-12-20(37-22)23-16-18(8-3)28(38-23)19(35)9-4/h9-13,16,35H,6-8,14-15H2,1-5H3/b19-9-. The molecule has 2 amide bonds. The number of rotatable bonds is 9. The van der Waals surface area contributed by atoms with Crippen molar-refractivity contribution in [2.45, 2.75) is 53.9 Å². The molecule has 38 heavy (non-hydrogen) atoms. The number of thiol groups is 1. The first-order valence-corrected chi connectivity index (χ1v) is 16.0. The Morgan fingerprint density at radius 3 is 1.87 bits per heavy atom. The minimum absolute atomic E-state index is 0.0562. The highest BCUT2D eigenvalue weighted by molar-refractivity contribution is 7.90. The van der Waals surface area contributed by atoms with Crippen molar-refractivity contribution in [3.8, 4) is 9.75 Å². The molecule has 0 unspecified atom stereocenters. The summed E-state index contributed by atoms with van der Waals surface area (Å²) in [6, 6.07) is 10.6. The molecule has 3 aromatic heterocycles. The van der Waals surface area contributed by atoms with Crippen LogP contribution in [0.25, 0.3) is 26.1 Å². The minimum Gasteiger partial charge on any atom is -0.306 e. The maximum absolute atomic E-state index is 14.0. The average Bonchev–Trinajstić information content (AvgIpc) is 3.72. The van der Waals surface area contributed by atoms with Crippen molar-refractivity contribution >= 4 is 74.8 Å². The van der Waals surface area contributed by atoms with Crippen molar-refractivity contribution in [2.75, 3.05) is 13.1 Å². The van der Waals surface area contributed by atoms with Crippen LogP contribution in [0.1, 0.15) is 65.6 Å². The lowest BCUT2D eigenvalue weighted by molar-refractivity contribution is -0.124. The highest BCUT2D eigenvalue weighted by Gasteiger charge is 2.49. The number of carbonyl (C=O) groups is 2. The number of nitrogens with zero attached hydrogens (tertiary/aromatic N) is 2. The summed E-state index contributed by atoms with van der Waals surface area (Å²) in [7, 11) is 0. The van der Waals surface area contributed by atoms with Crippen LogP contribution in [0.15, 0.2) is 47.6 Å². The van der Waals surface area contributed by atoms with Crippen LogP contribution in [-0.4, -0.2) is 34.7 Å². The lowest BCUT2D eigenvalue weighted by Crippen LogP contribution is -2.30. The third-order valence-electron chi connectivity index (χ3n) is 6.83. The molecule has 0 saturated heterocycles. The molecule has 2 aliphatic rings. The van der Waals surface area contributed by atoms with Crippen molar-refractivity contribution in [1.29, 1.82) is 0 Å². The summed E-state index contributed by atoms with van der Waals surface area (Å²) >= 11 is 9.73. The lowest BCUT2D eigenvalue weighted by atomic mass is 10.1. The first-order chi connectivity index (χ1) is 18.3. The van der Waals surface area contributed by atoms with Gasteiger partial charge < -0.3 is 9.80 Å². The second-order valence-corrected chi connectivity index (χ2v) is 13.3. The van der Waals surface area contributed by atoms with Gasteiger partial charge in [-0.3, -0.25) is 9.59 Å². The number of aryl methyl sites for hydroxylation is 2. The van der Waals surface area contributed by atoms with Gasteiger partial charge in [-0.05, 0) is 69.0 Å². The molecule has 0 bridgehead atoms. The average molecular weight is 581 g/mol. The summed E-state index contributed by atoms with van der Waals surface area (Å²) in [4.78, 5) is 39.2. The molecule has 0 radical (unpaired) electrons. The topological polar surface area (TPSA) is 40.6 Å².